The summed E-state index contributed by atoms with van der Waals surface area (Å²) < 4.78 is 5.54. The van der Waals surface area contributed by atoms with E-state index in [1.807, 2.05) is 44.2 Å². The molecule has 1 aliphatic rings. The molecule has 27 heavy (non-hydrogen) atoms. The van der Waals surface area contributed by atoms with Crippen molar-refractivity contribution in [1.29, 1.82) is 0 Å². The number of aryl methyl sites for hydroxylation is 2. The van der Waals surface area contributed by atoms with E-state index < -0.39 is 0 Å². The minimum Gasteiger partial charge on any atom is -0.462 e. The van der Waals surface area contributed by atoms with E-state index in [-0.39, 0.29) is 11.8 Å². The number of hydrogen-bond acceptors (Lipinski definition) is 3. The summed E-state index contributed by atoms with van der Waals surface area (Å²) in [4.78, 5) is 25.5. The van der Waals surface area contributed by atoms with Crippen LogP contribution in [0.2, 0.25) is 0 Å². The molecule has 0 unspecified atom stereocenters. The normalized spacial score (nSPS) is 12.0. The third-order valence-electron chi connectivity index (χ3n) is 5.17. The van der Waals surface area contributed by atoms with Gasteiger partial charge in [0.1, 0.15) is 0 Å². The van der Waals surface area contributed by atoms with Crippen LogP contribution in [0.15, 0.2) is 30.3 Å². The number of fused-ring (bicyclic) bond motifs is 3. The molecule has 0 N–H and O–H groups in total. The lowest BCUT2D eigenvalue weighted by atomic mass is 9.97. The fraction of sp³-hybridized carbons (Fsp3) is 0.417. The van der Waals surface area contributed by atoms with Crippen molar-refractivity contribution in [3.63, 3.8) is 0 Å². The number of carbonyl (C=O) groups is 2. The van der Waals surface area contributed by atoms with Gasteiger partial charge >= 0.3 is 5.97 Å². The predicted molar refractivity (Wildman–Crippen MR) is 108 cm³/mol. The number of rotatable bonds is 8. The number of esters is 1. The average molecular weight is 364 g/mol. The van der Waals surface area contributed by atoms with Crippen molar-refractivity contribution in [2.75, 3.05) is 6.61 Å². The van der Waals surface area contributed by atoms with E-state index in [4.69, 9.17) is 4.74 Å². The van der Waals surface area contributed by atoms with Crippen LogP contribution in [0.3, 0.4) is 0 Å². The van der Waals surface area contributed by atoms with Crippen molar-refractivity contribution in [2.45, 2.75) is 59.3 Å². The molecule has 0 radical (unpaired) electrons. The second kappa shape index (κ2) is 8.51. The summed E-state index contributed by atoms with van der Waals surface area (Å²) in [5, 5.41) is 0. The molecular formula is C24H28O3. The van der Waals surface area contributed by atoms with E-state index in [1.54, 1.807) is 0 Å². The van der Waals surface area contributed by atoms with Gasteiger partial charge in [0.25, 0.3) is 0 Å². The summed E-state index contributed by atoms with van der Waals surface area (Å²) in [6.07, 6.45) is 6.90. The zero-order valence-corrected chi connectivity index (χ0v) is 16.6. The van der Waals surface area contributed by atoms with Gasteiger partial charge in [0.15, 0.2) is 5.78 Å². The van der Waals surface area contributed by atoms with Crippen LogP contribution in [0.4, 0.5) is 0 Å². The maximum atomic E-state index is 12.8. The highest BCUT2D eigenvalue weighted by molar-refractivity contribution is 6.24. The Kier molecular flexibility index (Phi) is 6.10. The Labute approximate surface area is 161 Å². The molecule has 0 saturated heterocycles. The molecular weight excluding hydrogens is 336 g/mol. The highest BCUT2D eigenvalue weighted by atomic mass is 16.5. The molecule has 0 atom stereocenters. The minimum atomic E-state index is -0.329. The van der Waals surface area contributed by atoms with Crippen LogP contribution in [-0.4, -0.2) is 18.4 Å². The quantitative estimate of drug-likeness (QED) is 0.362. The van der Waals surface area contributed by atoms with E-state index in [1.165, 1.54) is 25.7 Å². The largest absolute Gasteiger partial charge is 0.462 e. The number of ether oxygens (including phenoxy) is 1. The minimum absolute atomic E-state index is 0.00243. The van der Waals surface area contributed by atoms with Gasteiger partial charge in [0, 0.05) is 16.7 Å². The molecule has 142 valence electrons. The van der Waals surface area contributed by atoms with Crippen molar-refractivity contribution in [3.8, 4) is 11.1 Å². The lowest BCUT2D eigenvalue weighted by Gasteiger charge is -2.11. The van der Waals surface area contributed by atoms with Gasteiger partial charge in [-0.15, -0.1) is 0 Å². The van der Waals surface area contributed by atoms with Gasteiger partial charge in [-0.3, -0.25) is 4.79 Å². The van der Waals surface area contributed by atoms with E-state index in [0.29, 0.717) is 23.3 Å². The van der Waals surface area contributed by atoms with E-state index in [0.717, 1.165) is 35.1 Å². The first kappa shape index (κ1) is 19.3. The number of hydrogen-bond donors (Lipinski definition) is 0. The highest BCUT2D eigenvalue weighted by Crippen LogP contribution is 2.40. The number of unbranched alkanes of at least 4 members (excludes halogenated alkanes) is 5. The predicted octanol–water partition coefficient (Wildman–Crippen LogP) is 6.03. The zero-order chi connectivity index (χ0) is 19.4. The second-order valence-corrected chi connectivity index (χ2v) is 7.52. The zero-order valence-electron chi connectivity index (χ0n) is 16.6. The molecule has 2 aromatic carbocycles. The fourth-order valence-electron chi connectivity index (χ4n) is 3.75. The van der Waals surface area contributed by atoms with Gasteiger partial charge in [0.05, 0.1) is 12.2 Å². The molecule has 3 nitrogen and oxygen atoms in total. The third-order valence-corrected chi connectivity index (χ3v) is 5.17. The average Bonchev–Trinajstić information content (AvgIpc) is 2.92. The molecule has 2 aromatic rings. The highest BCUT2D eigenvalue weighted by Gasteiger charge is 2.31. The molecule has 0 saturated carbocycles. The Balaban J connectivity index is 1.76. The SMILES string of the molecule is CCCCCCCCOC(=O)c1cc(C)cc2c1-c1ccc(C)cc1C2=O. The topological polar surface area (TPSA) is 43.4 Å². The molecule has 0 heterocycles. The van der Waals surface area contributed by atoms with Crippen molar-refractivity contribution in [1.82, 2.24) is 0 Å². The first-order valence-corrected chi connectivity index (χ1v) is 10.0. The third kappa shape index (κ3) is 4.13. The van der Waals surface area contributed by atoms with Crippen molar-refractivity contribution in [2.24, 2.45) is 0 Å². The summed E-state index contributed by atoms with van der Waals surface area (Å²) in [5.41, 5.74) is 5.31. The van der Waals surface area contributed by atoms with Gasteiger partial charge in [0.2, 0.25) is 0 Å². The van der Waals surface area contributed by atoms with Crippen LogP contribution in [0.25, 0.3) is 11.1 Å². The molecule has 0 fully saturated rings. The first-order valence-electron chi connectivity index (χ1n) is 10.0. The summed E-state index contributed by atoms with van der Waals surface area (Å²) in [7, 11) is 0. The second-order valence-electron chi connectivity index (χ2n) is 7.52. The number of carbonyl (C=O) groups excluding carboxylic acids is 2. The summed E-state index contributed by atoms with van der Waals surface area (Å²) >= 11 is 0. The number of benzene rings is 2. The van der Waals surface area contributed by atoms with Crippen LogP contribution in [0.1, 0.15) is 82.9 Å². The van der Waals surface area contributed by atoms with E-state index in [2.05, 4.69) is 6.92 Å². The molecule has 0 aliphatic heterocycles. The van der Waals surface area contributed by atoms with Crippen LogP contribution in [0.5, 0.6) is 0 Å². The van der Waals surface area contributed by atoms with E-state index in [9.17, 15) is 9.59 Å². The van der Waals surface area contributed by atoms with Gasteiger partial charge in [-0.25, -0.2) is 4.79 Å². The van der Waals surface area contributed by atoms with Gasteiger partial charge in [-0.2, -0.15) is 0 Å². The summed E-state index contributed by atoms with van der Waals surface area (Å²) in [6.45, 7) is 6.51. The molecule has 3 rings (SSSR count). The summed E-state index contributed by atoms with van der Waals surface area (Å²) in [6, 6.07) is 9.53. The van der Waals surface area contributed by atoms with Crippen LogP contribution in [-0.2, 0) is 4.74 Å². The standard InChI is InChI=1S/C24H28O3/c1-4-5-6-7-8-9-12-27-24(26)21-15-17(3)14-20-22(21)18-11-10-16(2)13-19(18)23(20)25/h10-11,13-15H,4-9,12H2,1-3H3. The maximum absolute atomic E-state index is 12.8. The summed E-state index contributed by atoms with van der Waals surface area (Å²) in [5.74, 6) is -0.331. The smallest absolute Gasteiger partial charge is 0.338 e. The van der Waals surface area contributed by atoms with Crippen molar-refractivity contribution < 1.29 is 14.3 Å². The maximum Gasteiger partial charge on any atom is 0.338 e. The van der Waals surface area contributed by atoms with Crippen LogP contribution >= 0.6 is 0 Å². The Morgan fingerprint density at radius 1 is 0.852 bits per heavy atom. The monoisotopic (exact) mass is 364 g/mol. The Morgan fingerprint density at radius 3 is 2.33 bits per heavy atom. The molecule has 1 aliphatic carbocycles. The lowest BCUT2D eigenvalue weighted by Crippen LogP contribution is -2.09. The van der Waals surface area contributed by atoms with Gasteiger partial charge < -0.3 is 4.74 Å². The van der Waals surface area contributed by atoms with Gasteiger partial charge in [-0.1, -0.05) is 56.7 Å². The van der Waals surface area contributed by atoms with E-state index >= 15 is 0 Å². The molecule has 0 spiro atoms. The lowest BCUT2D eigenvalue weighted by molar-refractivity contribution is 0.0498. The van der Waals surface area contributed by atoms with Crippen molar-refractivity contribution >= 4 is 11.8 Å². The first-order chi connectivity index (χ1) is 13.0. The Bertz CT molecular complexity index is 864. The Morgan fingerprint density at radius 2 is 1.56 bits per heavy atom. The van der Waals surface area contributed by atoms with Crippen molar-refractivity contribution in [3.05, 3.63) is 58.1 Å². The van der Waals surface area contributed by atoms with Crippen LogP contribution in [0, 0.1) is 13.8 Å². The molecule has 0 aromatic heterocycles. The molecule has 0 amide bonds. The van der Waals surface area contributed by atoms with Crippen LogP contribution < -0.4 is 0 Å². The Hall–Kier alpha value is -2.42. The van der Waals surface area contributed by atoms with Gasteiger partial charge in [-0.05, 0) is 49.6 Å². The molecule has 0 bridgehead atoms. The number of ketones is 1. The fourth-order valence-corrected chi connectivity index (χ4v) is 3.75. The molecule has 3 heteroatoms.